The normalized spacial score (nSPS) is 14.3. The lowest BCUT2D eigenvalue weighted by atomic mass is 10.00. The molecule has 0 aliphatic rings. The molecule has 198 valence electrons. The van der Waals surface area contributed by atoms with Crippen LogP contribution in [0.3, 0.4) is 0 Å². The van der Waals surface area contributed by atoms with Crippen molar-refractivity contribution in [3.63, 3.8) is 0 Å². The van der Waals surface area contributed by atoms with Gasteiger partial charge in [0.2, 0.25) is 9.84 Å². The van der Waals surface area contributed by atoms with Crippen LogP contribution >= 0.6 is 0 Å². The minimum Gasteiger partial charge on any atom is -0.385 e. The van der Waals surface area contributed by atoms with E-state index >= 15 is 0 Å². The zero-order valence-corrected chi connectivity index (χ0v) is 19.7. The molecule has 1 N–H and O–H groups in total. The molecule has 16 heteroatoms. The number of sulfone groups is 1. The highest BCUT2D eigenvalue weighted by Crippen LogP contribution is 2.51. The molecule has 1 atom stereocenters. The summed E-state index contributed by atoms with van der Waals surface area (Å²) >= 11 is 0. The van der Waals surface area contributed by atoms with E-state index in [4.69, 9.17) is 0 Å². The summed E-state index contributed by atoms with van der Waals surface area (Å²) in [5.41, 5.74) is 0.131. The lowest BCUT2D eigenvalue weighted by Gasteiger charge is -2.31. The van der Waals surface area contributed by atoms with Crippen molar-refractivity contribution in [3.8, 4) is 5.75 Å². The van der Waals surface area contributed by atoms with E-state index < -0.39 is 78.4 Å². The fraction of sp³-hybridized carbons (Fsp3) is 0.474. The number of ketones is 2. The SMILES string of the molecule is C=C(C)C(=O)CC(O)C(=O)Cc1ccc(OS(=O)(=O)C(F)(F)C(F)(F)C(F)(F)S(=O)(=O)CC)cc1. The molecule has 35 heavy (non-hydrogen) atoms. The number of Topliss-reactive ketones (excluding diaryl/α,β-unsaturated/α-hetero) is 2. The van der Waals surface area contributed by atoms with Gasteiger partial charge in [0, 0.05) is 12.8 Å². The molecule has 0 saturated heterocycles. The van der Waals surface area contributed by atoms with Crippen molar-refractivity contribution >= 4 is 31.5 Å². The largest absolute Gasteiger partial charge is 0.450 e. The first-order valence-electron chi connectivity index (χ1n) is 9.42. The second-order valence-electron chi connectivity index (χ2n) is 7.26. The van der Waals surface area contributed by atoms with Gasteiger partial charge in [-0.25, -0.2) is 8.42 Å². The average molecular weight is 554 g/mol. The third kappa shape index (κ3) is 6.03. The van der Waals surface area contributed by atoms with Gasteiger partial charge in [-0.15, -0.1) is 0 Å². The fourth-order valence-corrected chi connectivity index (χ4v) is 4.18. The quantitative estimate of drug-likeness (QED) is 0.224. The van der Waals surface area contributed by atoms with Crippen LogP contribution in [0.4, 0.5) is 26.3 Å². The van der Waals surface area contributed by atoms with E-state index in [0.29, 0.717) is 19.1 Å². The summed E-state index contributed by atoms with van der Waals surface area (Å²) in [5.74, 6) is -11.1. The second kappa shape index (κ2) is 10.3. The maximum absolute atomic E-state index is 14.0. The van der Waals surface area contributed by atoms with E-state index in [1.807, 2.05) is 0 Å². The standard InChI is InChI=1S/C19H20F6O8S2/c1-4-34(29,30)18(22,23)17(20,21)19(24,25)35(31,32)33-13-7-5-12(6-8-13)9-15(27)16(28)10-14(26)11(2)3/h5-8,16,28H,2,4,9-10H2,1,3H3. The van der Waals surface area contributed by atoms with Gasteiger partial charge in [-0.2, -0.15) is 34.8 Å². The average Bonchev–Trinajstić information content (AvgIpc) is 2.73. The van der Waals surface area contributed by atoms with Gasteiger partial charge in [0.25, 0.3) is 0 Å². The van der Waals surface area contributed by atoms with Crippen molar-refractivity contribution in [2.75, 3.05) is 5.75 Å². The Morgan fingerprint density at radius 2 is 1.49 bits per heavy atom. The molecule has 0 heterocycles. The Morgan fingerprint density at radius 1 is 1.00 bits per heavy atom. The highest BCUT2D eigenvalue weighted by Gasteiger charge is 2.82. The van der Waals surface area contributed by atoms with Crippen molar-refractivity contribution in [1.82, 2.24) is 0 Å². The molecule has 0 spiro atoms. The highest BCUT2D eigenvalue weighted by atomic mass is 32.2. The van der Waals surface area contributed by atoms with Crippen LogP contribution in [0.15, 0.2) is 36.4 Å². The first-order chi connectivity index (χ1) is 15.6. The Balaban J connectivity index is 3.09. The summed E-state index contributed by atoms with van der Waals surface area (Å²) in [6.45, 7) is 5.17. The first kappa shape index (κ1) is 30.6. The smallest absolute Gasteiger partial charge is 0.385 e. The van der Waals surface area contributed by atoms with Crippen LogP contribution in [-0.4, -0.2) is 61.8 Å². The van der Waals surface area contributed by atoms with Crippen molar-refractivity contribution in [1.29, 1.82) is 0 Å². The molecule has 8 nitrogen and oxygen atoms in total. The molecule has 0 saturated carbocycles. The van der Waals surface area contributed by atoms with Gasteiger partial charge >= 0.3 is 26.5 Å². The number of aliphatic hydroxyl groups is 1. The zero-order chi connectivity index (χ0) is 27.6. The maximum atomic E-state index is 14.0. The minimum absolute atomic E-state index is 0.0410. The van der Waals surface area contributed by atoms with Crippen LogP contribution in [0.5, 0.6) is 5.75 Å². The summed E-state index contributed by atoms with van der Waals surface area (Å²) in [5, 5.41) is -3.39. The van der Waals surface area contributed by atoms with Crippen molar-refractivity contribution in [2.24, 2.45) is 0 Å². The van der Waals surface area contributed by atoms with Crippen LogP contribution in [-0.2, 0) is 36.0 Å². The number of hydrogen-bond donors (Lipinski definition) is 1. The van der Waals surface area contributed by atoms with E-state index in [2.05, 4.69) is 10.8 Å². The summed E-state index contributed by atoms with van der Waals surface area (Å²) < 4.78 is 133. The fourth-order valence-electron chi connectivity index (χ4n) is 2.33. The predicted molar refractivity (Wildman–Crippen MR) is 109 cm³/mol. The number of alkyl halides is 6. The number of carbonyl (C=O) groups is 2. The van der Waals surface area contributed by atoms with Gasteiger partial charge in [0.15, 0.2) is 11.6 Å². The van der Waals surface area contributed by atoms with Crippen molar-refractivity contribution in [3.05, 3.63) is 42.0 Å². The predicted octanol–water partition coefficient (Wildman–Crippen LogP) is 2.66. The van der Waals surface area contributed by atoms with E-state index in [1.54, 1.807) is 0 Å². The highest BCUT2D eigenvalue weighted by molar-refractivity contribution is 7.92. The molecule has 1 unspecified atom stereocenters. The van der Waals surface area contributed by atoms with Crippen molar-refractivity contribution in [2.45, 2.75) is 49.2 Å². The number of hydrogen-bond acceptors (Lipinski definition) is 8. The molecular weight excluding hydrogens is 534 g/mol. The van der Waals surface area contributed by atoms with E-state index in [0.717, 1.165) is 12.1 Å². The lowest BCUT2D eigenvalue weighted by Crippen LogP contribution is -2.61. The first-order valence-corrected chi connectivity index (χ1v) is 12.5. The van der Waals surface area contributed by atoms with Crippen LogP contribution in [0.2, 0.25) is 0 Å². The summed E-state index contributed by atoms with van der Waals surface area (Å²) in [6.07, 6.45) is -2.79. The summed E-state index contributed by atoms with van der Waals surface area (Å²) in [4.78, 5) is 23.5. The third-order valence-electron chi connectivity index (χ3n) is 4.55. The zero-order valence-electron chi connectivity index (χ0n) is 18.1. The van der Waals surface area contributed by atoms with Gasteiger partial charge < -0.3 is 9.29 Å². The molecule has 1 aromatic carbocycles. The lowest BCUT2D eigenvalue weighted by molar-refractivity contribution is -0.245. The number of rotatable bonds is 13. The molecular formula is C19H20F6O8S2. The molecule has 1 rings (SSSR count). The van der Waals surface area contributed by atoms with Gasteiger partial charge in [0.1, 0.15) is 11.9 Å². The number of benzene rings is 1. The molecule has 0 bridgehead atoms. The Kier molecular flexibility index (Phi) is 8.96. The number of carbonyl (C=O) groups excluding carboxylic acids is 2. The van der Waals surface area contributed by atoms with Gasteiger partial charge in [0.05, 0.1) is 5.75 Å². The van der Waals surface area contributed by atoms with Crippen LogP contribution in [0.25, 0.3) is 0 Å². The molecule has 0 aromatic heterocycles. The van der Waals surface area contributed by atoms with Crippen LogP contribution < -0.4 is 4.18 Å². The maximum Gasteiger partial charge on any atom is 0.450 e. The third-order valence-corrected chi connectivity index (χ3v) is 7.64. The molecule has 1 aromatic rings. The number of allylic oxidation sites excluding steroid dienone is 1. The molecule has 0 aliphatic heterocycles. The summed E-state index contributed by atoms with van der Waals surface area (Å²) in [7, 11) is -13.0. The van der Waals surface area contributed by atoms with Crippen LogP contribution in [0, 0.1) is 0 Å². The van der Waals surface area contributed by atoms with E-state index in [-0.39, 0.29) is 11.1 Å². The molecule has 0 fully saturated rings. The summed E-state index contributed by atoms with van der Waals surface area (Å²) in [6, 6.07) is 3.03. The Morgan fingerprint density at radius 3 is 1.91 bits per heavy atom. The number of aliphatic hydroxyl groups excluding tert-OH is 1. The Labute approximate surface area is 196 Å². The van der Waals surface area contributed by atoms with E-state index in [1.165, 1.54) is 6.92 Å². The number of halogens is 6. The molecule has 0 aliphatic carbocycles. The second-order valence-corrected chi connectivity index (χ2v) is 11.2. The van der Waals surface area contributed by atoms with Crippen LogP contribution in [0.1, 0.15) is 25.8 Å². The molecule has 0 radical (unpaired) electrons. The van der Waals surface area contributed by atoms with E-state index in [9.17, 15) is 57.9 Å². The van der Waals surface area contributed by atoms with Gasteiger partial charge in [-0.05, 0) is 30.2 Å². The topological polar surface area (TPSA) is 132 Å². The monoisotopic (exact) mass is 554 g/mol. The van der Waals surface area contributed by atoms with Crippen molar-refractivity contribution < 1.29 is 62.1 Å². The Hall–Kier alpha value is -2.46. The van der Waals surface area contributed by atoms with Gasteiger partial charge in [-0.1, -0.05) is 25.6 Å². The van der Waals surface area contributed by atoms with Gasteiger partial charge in [-0.3, -0.25) is 9.59 Å². The minimum atomic E-state index is -6.91. The Bertz CT molecular complexity index is 1190. The molecule has 0 amide bonds.